The minimum absolute atomic E-state index is 0.934. The van der Waals surface area contributed by atoms with Crippen molar-refractivity contribution in [2.75, 3.05) is 50.7 Å². The summed E-state index contributed by atoms with van der Waals surface area (Å²) in [7, 11) is 0. The van der Waals surface area contributed by atoms with Crippen LogP contribution in [0.2, 0.25) is 0 Å². The minimum atomic E-state index is 0.934. The lowest BCUT2D eigenvalue weighted by Gasteiger charge is -2.29. The molecule has 0 saturated carbocycles. The van der Waals surface area contributed by atoms with Crippen LogP contribution in [-0.2, 0) is 6.54 Å². The Bertz CT molecular complexity index is 625. The van der Waals surface area contributed by atoms with Gasteiger partial charge >= 0.3 is 0 Å². The maximum atomic E-state index is 4.37. The van der Waals surface area contributed by atoms with Gasteiger partial charge in [-0.3, -0.25) is 0 Å². The van der Waals surface area contributed by atoms with Crippen LogP contribution in [0.1, 0.15) is 12.8 Å². The number of piperazine rings is 1. The normalized spacial score (nSPS) is 20.1. The van der Waals surface area contributed by atoms with Crippen molar-refractivity contribution < 1.29 is 0 Å². The first kappa shape index (κ1) is 14.0. The molecule has 6 heteroatoms. The van der Waals surface area contributed by atoms with Gasteiger partial charge in [0, 0.05) is 38.4 Å². The molecule has 3 heterocycles. The Kier molecular flexibility index (Phi) is 3.95. The van der Waals surface area contributed by atoms with Crippen molar-refractivity contribution in [3.63, 3.8) is 0 Å². The number of rotatable bonds is 4. The zero-order valence-corrected chi connectivity index (χ0v) is 13.0. The molecule has 0 radical (unpaired) electrons. The maximum absolute atomic E-state index is 4.37. The van der Waals surface area contributed by atoms with E-state index in [1.807, 2.05) is 0 Å². The molecule has 0 unspecified atom stereocenters. The number of anilines is 1. The van der Waals surface area contributed by atoms with E-state index in [9.17, 15) is 0 Å². The standard InChI is InChI=1S/C16H24N6/c1-2-8-20(7-1)11-12-22-16-4-3-14(13-15(16)18-19-22)21-9-5-17-6-10-21/h3-4,13,17H,1-2,5-12H2. The van der Waals surface area contributed by atoms with E-state index in [1.165, 1.54) is 31.6 Å². The molecule has 0 aliphatic carbocycles. The summed E-state index contributed by atoms with van der Waals surface area (Å²) in [5.41, 5.74) is 3.43. The predicted octanol–water partition coefficient (Wildman–Crippen LogP) is 0.937. The molecular weight excluding hydrogens is 276 g/mol. The summed E-state index contributed by atoms with van der Waals surface area (Å²) in [5, 5.41) is 12.1. The highest BCUT2D eigenvalue weighted by Crippen LogP contribution is 2.21. The molecule has 4 rings (SSSR count). The highest BCUT2D eigenvalue weighted by atomic mass is 15.4. The van der Waals surface area contributed by atoms with Crippen LogP contribution in [0.3, 0.4) is 0 Å². The fraction of sp³-hybridized carbons (Fsp3) is 0.625. The van der Waals surface area contributed by atoms with Gasteiger partial charge < -0.3 is 15.1 Å². The molecule has 118 valence electrons. The molecular formula is C16H24N6. The average Bonchev–Trinajstić information content (AvgIpc) is 3.23. The van der Waals surface area contributed by atoms with Crippen molar-refractivity contribution in [3.05, 3.63) is 18.2 Å². The minimum Gasteiger partial charge on any atom is -0.369 e. The molecule has 2 saturated heterocycles. The molecule has 0 amide bonds. The van der Waals surface area contributed by atoms with E-state index < -0.39 is 0 Å². The van der Waals surface area contributed by atoms with E-state index in [1.54, 1.807) is 0 Å². The van der Waals surface area contributed by atoms with E-state index in [0.717, 1.165) is 50.3 Å². The van der Waals surface area contributed by atoms with Gasteiger partial charge in [0.15, 0.2) is 0 Å². The van der Waals surface area contributed by atoms with Crippen LogP contribution in [0.15, 0.2) is 18.2 Å². The van der Waals surface area contributed by atoms with Crippen LogP contribution in [0.5, 0.6) is 0 Å². The number of nitrogens with zero attached hydrogens (tertiary/aromatic N) is 5. The Morgan fingerprint density at radius 3 is 2.64 bits per heavy atom. The third kappa shape index (κ3) is 2.80. The summed E-state index contributed by atoms with van der Waals surface area (Å²) in [6, 6.07) is 6.57. The quantitative estimate of drug-likeness (QED) is 0.910. The Labute approximate surface area is 131 Å². The third-order valence-electron chi connectivity index (χ3n) is 4.81. The molecule has 0 spiro atoms. The molecule has 0 bridgehead atoms. The highest BCUT2D eigenvalue weighted by Gasteiger charge is 2.14. The second kappa shape index (κ2) is 6.22. The summed E-state index contributed by atoms with van der Waals surface area (Å²) in [6.45, 7) is 8.73. The molecule has 1 aromatic carbocycles. The van der Waals surface area contributed by atoms with Crippen molar-refractivity contribution >= 4 is 16.7 Å². The van der Waals surface area contributed by atoms with Gasteiger partial charge in [0.2, 0.25) is 0 Å². The summed E-state index contributed by atoms with van der Waals surface area (Å²) >= 11 is 0. The molecule has 6 nitrogen and oxygen atoms in total. The zero-order chi connectivity index (χ0) is 14.8. The number of aromatic nitrogens is 3. The van der Waals surface area contributed by atoms with Gasteiger partial charge in [-0.25, -0.2) is 4.68 Å². The molecule has 2 aromatic rings. The van der Waals surface area contributed by atoms with Crippen LogP contribution in [-0.4, -0.2) is 65.7 Å². The molecule has 0 atom stereocenters. The van der Waals surface area contributed by atoms with Gasteiger partial charge in [-0.05, 0) is 44.1 Å². The number of nitrogens with one attached hydrogen (secondary N) is 1. The Balaban J connectivity index is 1.49. The Morgan fingerprint density at radius 1 is 1.00 bits per heavy atom. The molecule has 2 aliphatic heterocycles. The largest absolute Gasteiger partial charge is 0.369 e. The SMILES string of the molecule is c1cc2c(cc1N1CCNCC1)nnn2CCN1CCCC1. The lowest BCUT2D eigenvalue weighted by atomic mass is 10.2. The van der Waals surface area contributed by atoms with Gasteiger partial charge in [-0.2, -0.15) is 0 Å². The van der Waals surface area contributed by atoms with E-state index in [4.69, 9.17) is 0 Å². The van der Waals surface area contributed by atoms with Gasteiger partial charge in [0.1, 0.15) is 5.52 Å². The molecule has 22 heavy (non-hydrogen) atoms. The summed E-state index contributed by atoms with van der Waals surface area (Å²) in [4.78, 5) is 4.93. The number of hydrogen-bond acceptors (Lipinski definition) is 5. The van der Waals surface area contributed by atoms with Crippen molar-refractivity contribution in [1.29, 1.82) is 0 Å². The monoisotopic (exact) mass is 300 g/mol. The number of likely N-dealkylation sites (tertiary alicyclic amines) is 1. The van der Waals surface area contributed by atoms with Gasteiger partial charge in [-0.15, -0.1) is 5.10 Å². The van der Waals surface area contributed by atoms with Crippen LogP contribution in [0, 0.1) is 0 Å². The van der Waals surface area contributed by atoms with Crippen LogP contribution in [0.25, 0.3) is 11.0 Å². The first-order valence-corrected chi connectivity index (χ1v) is 8.41. The Morgan fingerprint density at radius 2 is 1.82 bits per heavy atom. The topological polar surface area (TPSA) is 49.2 Å². The van der Waals surface area contributed by atoms with Gasteiger partial charge in [0.05, 0.1) is 12.1 Å². The first-order valence-electron chi connectivity index (χ1n) is 8.41. The molecule has 1 aromatic heterocycles. The second-order valence-corrected chi connectivity index (χ2v) is 6.27. The number of benzene rings is 1. The molecule has 2 fully saturated rings. The summed E-state index contributed by atoms with van der Waals surface area (Å²) in [5.74, 6) is 0. The average molecular weight is 300 g/mol. The smallest absolute Gasteiger partial charge is 0.115 e. The number of hydrogen-bond donors (Lipinski definition) is 1. The molecule has 1 N–H and O–H groups in total. The van der Waals surface area contributed by atoms with Crippen molar-refractivity contribution in [1.82, 2.24) is 25.2 Å². The van der Waals surface area contributed by atoms with E-state index in [-0.39, 0.29) is 0 Å². The summed E-state index contributed by atoms with van der Waals surface area (Å²) < 4.78 is 2.05. The third-order valence-corrected chi connectivity index (χ3v) is 4.81. The van der Waals surface area contributed by atoms with Crippen molar-refractivity contribution in [2.24, 2.45) is 0 Å². The van der Waals surface area contributed by atoms with Gasteiger partial charge in [-0.1, -0.05) is 5.21 Å². The molecule has 2 aliphatic rings. The Hall–Kier alpha value is -1.66. The van der Waals surface area contributed by atoms with E-state index >= 15 is 0 Å². The van der Waals surface area contributed by atoms with Gasteiger partial charge in [0.25, 0.3) is 0 Å². The van der Waals surface area contributed by atoms with Crippen LogP contribution < -0.4 is 10.2 Å². The van der Waals surface area contributed by atoms with E-state index in [2.05, 4.69) is 48.3 Å². The fourth-order valence-electron chi connectivity index (χ4n) is 3.49. The fourth-order valence-corrected chi connectivity index (χ4v) is 3.49. The predicted molar refractivity (Wildman–Crippen MR) is 88.3 cm³/mol. The van der Waals surface area contributed by atoms with E-state index in [0.29, 0.717) is 0 Å². The maximum Gasteiger partial charge on any atom is 0.115 e. The van der Waals surface area contributed by atoms with Crippen LogP contribution >= 0.6 is 0 Å². The van der Waals surface area contributed by atoms with Crippen molar-refractivity contribution in [2.45, 2.75) is 19.4 Å². The zero-order valence-electron chi connectivity index (χ0n) is 13.0. The lowest BCUT2D eigenvalue weighted by Crippen LogP contribution is -2.43. The lowest BCUT2D eigenvalue weighted by molar-refractivity contribution is 0.316. The van der Waals surface area contributed by atoms with Crippen LogP contribution in [0.4, 0.5) is 5.69 Å². The number of fused-ring (bicyclic) bond motifs is 1. The highest BCUT2D eigenvalue weighted by molar-refractivity contribution is 5.79. The summed E-state index contributed by atoms with van der Waals surface area (Å²) in [6.07, 6.45) is 2.68. The van der Waals surface area contributed by atoms with Crippen molar-refractivity contribution in [3.8, 4) is 0 Å². The second-order valence-electron chi connectivity index (χ2n) is 6.27. The first-order chi connectivity index (χ1) is 10.9.